The molecule has 1 N–H and O–H groups in total. The first kappa shape index (κ1) is 19.7. The van der Waals surface area contributed by atoms with Crippen molar-refractivity contribution in [3.63, 3.8) is 0 Å². The van der Waals surface area contributed by atoms with Crippen molar-refractivity contribution in [2.75, 3.05) is 29.6 Å². The highest BCUT2D eigenvalue weighted by Gasteiger charge is 2.23. The molecule has 148 valence electrons. The molecule has 1 heterocycles. The van der Waals surface area contributed by atoms with E-state index in [1.54, 1.807) is 6.07 Å². The molecule has 0 unspecified atom stereocenters. The predicted molar refractivity (Wildman–Crippen MR) is 102 cm³/mol. The Labute approximate surface area is 161 Å². The molecule has 1 saturated heterocycles. The van der Waals surface area contributed by atoms with Crippen LogP contribution in [0.3, 0.4) is 0 Å². The van der Waals surface area contributed by atoms with Gasteiger partial charge in [0.25, 0.3) is 11.6 Å². The first-order chi connectivity index (χ1) is 13.2. The zero-order valence-corrected chi connectivity index (χ0v) is 15.8. The Morgan fingerprint density at radius 3 is 2.50 bits per heavy atom. The second-order valence-corrected chi connectivity index (χ2v) is 8.54. The van der Waals surface area contributed by atoms with Crippen molar-refractivity contribution in [2.45, 2.75) is 17.7 Å². The molecule has 1 aliphatic heterocycles. The quantitative estimate of drug-likeness (QED) is 0.603. The molecule has 0 radical (unpaired) electrons. The lowest BCUT2D eigenvalue weighted by atomic mass is 10.1. The van der Waals surface area contributed by atoms with Crippen molar-refractivity contribution >= 4 is 32.8 Å². The summed E-state index contributed by atoms with van der Waals surface area (Å²) in [4.78, 5) is 24.6. The van der Waals surface area contributed by atoms with Gasteiger partial charge in [-0.25, -0.2) is 12.8 Å². The van der Waals surface area contributed by atoms with Gasteiger partial charge in [0.15, 0.2) is 9.84 Å². The van der Waals surface area contributed by atoms with Crippen LogP contribution in [0.25, 0.3) is 0 Å². The molecule has 2 aromatic rings. The summed E-state index contributed by atoms with van der Waals surface area (Å²) in [5.41, 5.74) is -0.312. The molecule has 1 fully saturated rings. The molecular weight excluding hydrogens is 389 g/mol. The lowest BCUT2D eigenvalue weighted by Gasteiger charge is -2.22. The number of nitrogens with one attached hydrogen (secondary N) is 1. The number of carbonyl (C=O) groups is 1. The van der Waals surface area contributed by atoms with Crippen molar-refractivity contribution in [1.29, 1.82) is 0 Å². The first-order valence-electron chi connectivity index (χ1n) is 8.51. The Balaban J connectivity index is 2.00. The summed E-state index contributed by atoms with van der Waals surface area (Å²) in [5, 5.41) is 13.6. The Hall–Kier alpha value is -3.01. The van der Waals surface area contributed by atoms with Crippen molar-refractivity contribution in [3.05, 3.63) is 57.9 Å². The van der Waals surface area contributed by atoms with E-state index in [9.17, 15) is 27.7 Å². The van der Waals surface area contributed by atoms with Crippen LogP contribution < -0.4 is 10.2 Å². The molecule has 0 aromatic heterocycles. The molecule has 0 atom stereocenters. The third-order valence-electron chi connectivity index (χ3n) is 4.47. The Morgan fingerprint density at radius 2 is 1.89 bits per heavy atom. The third kappa shape index (κ3) is 4.11. The molecule has 10 heteroatoms. The zero-order chi connectivity index (χ0) is 20.5. The summed E-state index contributed by atoms with van der Waals surface area (Å²) in [6, 6.07) is 7.29. The van der Waals surface area contributed by atoms with E-state index in [2.05, 4.69) is 5.32 Å². The van der Waals surface area contributed by atoms with E-state index in [-0.39, 0.29) is 16.1 Å². The lowest BCUT2D eigenvalue weighted by molar-refractivity contribution is -0.385. The fourth-order valence-corrected chi connectivity index (χ4v) is 3.75. The number of halogens is 1. The summed E-state index contributed by atoms with van der Waals surface area (Å²) in [6.45, 7) is 1.45. The van der Waals surface area contributed by atoms with Crippen LogP contribution in [-0.2, 0) is 9.84 Å². The summed E-state index contributed by atoms with van der Waals surface area (Å²) in [7, 11) is -3.78. The molecule has 2 aromatic carbocycles. The van der Waals surface area contributed by atoms with Gasteiger partial charge in [-0.2, -0.15) is 0 Å². The topological polar surface area (TPSA) is 110 Å². The molecule has 28 heavy (non-hydrogen) atoms. The van der Waals surface area contributed by atoms with Gasteiger partial charge in [0, 0.05) is 37.0 Å². The summed E-state index contributed by atoms with van der Waals surface area (Å²) in [5.74, 6) is -1.48. The number of non-ortho nitro benzene ring substituents is 1. The molecule has 0 bridgehead atoms. The van der Waals surface area contributed by atoms with Gasteiger partial charge in [0.05, 0.1) is 15.5 Å². The van der Waals surface area contributed by atoms with Crippen LogP contribution in [0.4, 0.5) is 21.5 Å². The fourth-order valence-electron chi connectivity index (χ4n) is 3.08. The van der Waals surface area contributed by atoms with Gasteiger partial charge in [0.1, 0.15) is 11.5 Å². The van der Waals surface area contributed by atoms with Gasteiger partial charge in [-0.3, -0.25) is 14.9 Å². The number of nitro benzene ring substituents is 1. The van der Waals surface area contributed by atoms with Crippen molar-refractivity contribution in [2.24, 2.45) is 0 Å². The van der Waals surface area contributed by atoms with Crippen molar-refractivity contribution in [1.82, 2.24) is 0 Å². The van der Waals surface area contributed by atoms with Gasteiger partial charge < -0.3 is 10.2 Å². The summed E-state index contributed by atoms with van der Waals surface area (Å²) < 4.78 is 38.0. The highest BCUT2D eigenvalue weighted by Crippen LogP contribution is 2.32. The monoisotopic (exact) mass is 407 g/mol. The second kappa shape index (κ2) is 7.55. The molecule has 1 amide bonds. The van der Waals surface area contributed by atoms with Crippen molar-refractivity contribution < 1.29 is 22.5 Å². The minimum atomic E-state index is -3.78. The smallest absolute Gasteiger partial charge is 0.271 e. The van der Waals surface area contributed by atoms with Crippen LogP contribution in [0.15, 0.2) is 41.3 Å². The van der Waals surface area contributed by atoms with Gasteiger partial charge >= 0.3 is 0 Å². The minimum Gasteiger partial charge on any atom is -0.370 e. The maximum atomic E-state index is 14.4. The van der Waals surface area contributed by atoms with Gasteiger partial charge in [-0.05, 0) is 31.0 Å². The normalized spacial score (nSPS) is 14.1. The van der Waals surface area contributed by atoms with Gasteiger partial charge in [-0.1, -0.05) is 6.07 Å². The number of anilines is 2. The average molecular weight is 407 g/mol. The Kier molecular flexibility index (Phi) is 5.32. The molecule has 1 aliphatic rings. The molecule has 3 rings (SSSR count). The Morgan fingerprint density at radius 1 is 1.21 bits per heavy atom. The standard InChI is InChI=1S/C18H18FN3O5S/c1-28(26,27)14-10-12(9-13(11-14)22(24)25)18(23)20-17-15(19)5-4-6-16(17)21-7-2-3-8-21/h4-6,9-11H,2-3,7-8H2,1H3,(H,20,23). The van der Waals surface area contributed by atoms with E-state index in [1.807, 2.05) is 4.90 Å². The van der Waals surface area contributed by atoms with Crippen LogP contribution in [0.1, 0.15) is 23.2 Å². The number of nitro groups is 1. The van der Waals surface area contributed by atoms with Gasteiger partial charge in [-0.15, -0.1) is 0 Å². The zero-order valence-electron chi connectivity index (χ0n) is 15.0. The Bertz CT molecular complexity index is 1050. The van der Waals surface area contributed by atoms with Crippen LogP contribution in [0.5, 0.6) is 0 Å². The van der Waals surface area contributed by atoms with Crippen LogP contribution in [0.2, 0.25) is 0 Å². The van der Waals surface area contributed by atoms with E-state index >= 15 is 0 Å². The van der Waals surface area contributed by atoms with Crippen LogP contribution in [0, 0.1) is 15.9 Å². The maximum Gasteiger partial charge on any atom is 0.271 e. The third-order valence-corrected chi connectivity index (χ3v) is 5.56. The van der Waals surface area contributed by atoms with E-state index in [1.165, 1.54) is 12.1 Å². The highest BCUT2D eigenvalue weighted by molar-refractivity contribution is 7.90. The predicted octanol–water partition coefficient (Wildman–Crippen LogP) is 2.99. The first-order valence-corrected chi connectivity index (χ1v) is 10.4. The molecule has 0 saturated carbocycles. The number of sulfone groups is 1. The SMILES string of the molecule is CS(=O)(=O)c1cc(C(=O)Nc2c(F)cccc2N2CCCC2)cc([N+](=O)[O-])c1. The summed E-state index contributed by atoms with van der Waals surface area (Å²) >= 11 is 0. The molecular formula is C18H18FN3O5S. The van der Waals surface area contributed by atoms with Crippen LogP contribution >= 0.6 is 0 Å². The number of carbonyl (C=O) groups excluding carboxylic acids is 1. The summed E-state index contributed by atoms with van der Waals surface area (Å²) in [6.07, 6.45) is 2.79. The molecule has 0 spiro atoms. The number of amides is 1. The number of rotatable bonds is 5. The minimum absolute atomic E-state index is 0.0400. The number of hydrogen-bond acceptors (Lipinski definition) is 6. The van der Waals surface area contributed by atoms with Crippen molar-refractivity contribution in [3.8, 4) is 0 Å². The van der Waals surface area contributed by atoms with E-state index in [0.717, 1.165) is 50.4 Å². The van der Waals surface area contributed by atoms with Crippen LogP contribution in [-0.4, -0.2) is 38.6 Å². The number of para-hydroxylation sites is 1. The number of benzene rings is 2. The highest BCUT2D eigenvalue weighted by atomic mass is 32.2. The average Bonchev–Trinajstić information content (AvgIpc) is 3.16. The fraction of sp³-hybridized carbons (Fsp3) is 0.278. The van der Waals surface area contributed by atoms with E-state index in [0.29, 0.717) is 5.69 Å². The van der Waals surface area contributed by atoms with E-state index in [4.69, 9.17) is 0 Å². The molecule has 8 nitrogen and oxygen atoms in total. The number of hydrogen-bond donors (Lipinski definition) is 1. The maximum absolute atomic E-state index is 14.4. The second-order valence-electron chi connectivity index (χ2n) is 6.53. The lowest BCUT2D eigenvalue weighted by Crippen LogP contribution is -2.22. The molecule has 0 aliphatic carbocycles. The largest absolute Gasteiger partial charge is 0.370 e. The van der Waals surface area contributed by atoms with Gasteiger partial charge in [0.2, 0.25) is 0 Å². The van der Waals surface area contributed by atoms with E-state index < -0.39 is 32.2 Å². The number of nitrogens with zero attached hydrogens (tertiary/aromatic N) is 2.